The topological polar surface area (TPSA) is 75.6 Å². The molecule has 0 saturated heterocycles. The summed E-state index contributed by atoms with van der Waals surface area (Å²) in [6.07, 6.45) is 3.56. The maximum absolute atomic E-state index is 12.1. The van der Waals surface area contributed by atoms with Crippen LogP contribution in [0.4, 0.5) is 0 Å². The fourth-order valence-corrected chi connectivity index (χ4v) is 3.48. The van der Waals surface area contributed by atoms with Crippen LogP contribution in [-0.2, 0) is 4.79 Å². The highest BCUT2D eigenvalue weighted by atomic mass is 32.1. The van der Waals surface area contributed by atoms with Crippen molar-refractivity contribution in [2.75, 3.05) is 13.7 Å². The Morgan fingerprint density at radius 2 is 2.20 bits per heavy atom. The standard InChI is InChI=1S/C14H19NO4S/c1-19-11-6-7-20-12(11)13(16)15-8-9-4-2-3-5-10(9)14(17)18/h6-7,9-10H,2-5,8H2,1H3,(H,15,16)(H,17,18). The number of hydrogen-bond donors (Lipinski definition) is 2. The monoisotopic (exact) mass is 297 g/mol. The minimum Gasteiger partial charge on any atom is -0.495 e. The van der Waals surface area contributed by atoms with Gasteiger partial charge in [-0.05, 0) is 30.2 Å². The summed E-state index contributed by atoms with van der Waals surface area (Å²) in [6.45, 7) is 0.414. The zero-order chi connectivity index (χ0) is 14.5. The maximum Gasteiger partial charge on any atom is 0.306 e. The van der Waals surface area contributed by atoms with E-state index < -0.39 is 5.97 Å². The molecule has 6 heteroatoms. The number of carbonyl (C=O) groups excluding carboxylic acids is 1. The molecule has 1 saturated carbocycles. The summed E-state index contributed by atoms with van der Waals surface area (Å²) in [6, 6.07) is 1.75. The van der Waals surface area contributed by atoms with E-state index in [2.05, 4.69) is 5.32 Å². The molecule has 1 heterocycles. The van der Waals surface area contributed by atoms with Gasteiger partial charge in [-0.3, -0.25) is 9.59 Å². The first-order valence-corrected chi connectivity index (χ1v) is 7.64. The number of rotatable bonds is 5. The molecule has 1 aromatic heterocycles. The summed E-state index contributed by atoms with van der Waals surface area (Å²) in [4.78, 5) is 23.8. The van der Waals surface area contributed by atoms with Crippen LogP contribution in [0.5, 0.6) is 5.75 Å². The Kier molecular flexibility index (Phi) is 5.00. The third kappa shape index (κ3) is 3.30. The lowest BCUT2D eigenvalue weighted by molar-refractivity contribution is -0.144. The van der Waals surface area contributed by atoms with Crippen molar-refractivity contribution in [1.82, 2.24) is 5.32 Å². The van der Waals surface area contributed by atoms with Crippen molar-refractivity contribution in [1.29, 1.82) is 0 Å². The molecule has 2 unspecified atom stereocenters. The molecule has 0 spiro atoms. The van der Waals surface area contributed by atoms with E-state index in [-0.39, 0.29) is 17.7 Å². The molecule has 2 N–H and O–H groups in total. The number of carboxylic acid groups (broad SMARTS) is 1. The molecule has 2 rings (SSSR count). The number of amides is 1. The molecule has 0 radical (unpaired) electrons. The van der Waals surface area contributed by atoms with Gasteiger partial charge in [-0.1, -0.05) is 12.8 Å². The first-order valence-electron chi connectivity index (χ1n) is 6.76. The van der Waals surface area contributed by atoms with Gasteiger partial charge >= 0.3 is 5.97 Å². The number of thiophene rings is 1. The van der Waals surface area contributed by atoms with E-state index in [1.54, 1.807) is 11.4 Å². The molecular formula is C14H19NO4S. The lowest BCUT2D eigenvalue weighted by Gasteiger charge is -2.28. The highest BCUT2D eigenvalue weighted by molar-refractivity contribution is 7.12. The van der Waals surface area contributed by atoms with Crippen LogP contribution in [0.1, 0.15) is 35.4 Å². The van der Waals surface area contributed by atoms with E-state index in [1.807, 2.05) is 0 Å². The molecular weight excluding hydrogens is 278 g/mol. The second-order valence-electron chi connectivity index (χ2n) is 5.02. The SMILES string of the molecule is COc1ccsc1C(=O)NCC1CCCCC1C(=O)O. The minimum absolute atomic E-state index is 0.0242. The number of nitrogens with one attached hydrogen (secondary N) is 1. The Labute approximate surface area is 121 Å². The maximum atomic E-state index is 12.1. The second kappa shape index (κ2) is 6.74. The quantitative estimate of drug-likeness (QED) is 0.875. The molecule has 2 atom stereocenters. The van der Waals surface area contributed by atoms with Crippen LogP contribution in [-0.4, -0.2) is 30.6 Å². The van der Waals surface area contributed by atoms with Gasteiger partial charge in [0.25, 0.3) is 5.91 Å². The second-order valence-corrected chi connectivity index (χ2v) is 5.93. The third-order valence-electron chi connectivity index (χ3n) is 3.81. The molecule has 1 aromatic rings. The van der Waals surface area contributed by atoms with Crippen LogP contribution in [0.2, 0.25) is 0 Å². The van der Waals surface area contributed by atoms with E-state index in [1.165, 1.54) is 18.4 Å². The number of ether oxygens (including phenoxy) is 1. The predicted molar refractivity (Wildman–Crippen MR) is 76.3 cm³/mol. The van der Waals surface area contributed by atoms with Crippen LogP contribution in [0.25, 0.3) is 0 Å². The highest BCUT2D eigenvalue weighted by Crippen LogP contribution is 2.30. The molecule has 1 aliphatic carbocycles. The summed E-state index contributed by atoms with van der Waals surface area (Å²) in [7, 11) is 1.53. The van der Waals surface area contributed by atoms with Gasteiger partial charge in [-0.15, -0.1) is 11.3 Å². The molecule has 1 fully saturated rings. The van der Waals surface area contributed by atoms with Crippen molar-refractivity contribution in [3.63, 3.8) is 0 Å². The molecule has 110 valence electrons. The minimum atomic E-state index is -0.752. The van der Waals surface area contributed by atoms with Gasteiger partial charge < -0.3 is 15.2 Å². The summed E-state index contributed by atoms with van der Waals surface area (Å²) in [5.74, 6) is -0.694. The van der Waals surface area contributed by atoms with E-state index in [9.17, 15) is 14.7 Å². The Hall–Kier alpha value is -1.56. The number of aliphatic carboxylic acids is 1. The fourth-order valence-electron chi connectivity index (χ4n) is 2.70. The zero-order valence-corrected chi connectivity index (χ0v) is 12.2. The molecule has 1 aliphatic rings. The van der Waals surface area contributed by atoms with Gasteiger partial charge in [0.05, 0.1) is 13.0 Å². The van der Waals surface area contributed by atoms with Gasteiger partial charge in [0.2, 0.25) is 0 Å². The molecule has 0 aliphatic heterocycles. The van der Waals surface area contributed by atoms with E-state index in [4.69, 9.17) is 4.74 Å². The average Bonchev–Trinajstić information content (AvgIpc) is 2.93. The van der Waals surface area contributed by atoms with Crippen molar-refractivity contribution in [3.05, 3.63) is 16.3 Å². The Morgan fingerprint density at radius 1 is 1.45 bits per heavy atom. The molecule has 5 nitrogen and oxygen atoms in total. The van der Waals surface area contributed by atoms with Crippen molar-refractivity contribution in [2.45, 2.75) is 25.7 Å². The van der Waals surface area contributed by atoms with E-state index in [0.717, 1.165) is 19.3 Å². The van der Waals surface area contributed by atoms with Crippen LogP contribution in [0, 0.1) is 11.8 Å². The number of methoxy groups -OCH3 is 1. The first kappa shape index (κ1) is 14.8. The van der Waals surface area contributed by atoms with Gasteiger partial charge in [-0.2, -0.15) is 0 Å². The smallest absolute Gasteiger partial charge is 0.306 e. The van der Waals surface area contributed by atoms with Gasteiger partial charge in [0.15, 0.2) is 0 Å². The highest BCUT2D eigenvalue weighted by Gasteiger charge is 2.31. The van der Waals surface area contributed by atoms with E-state index in [0.29, 0.717) is 23.6 Å². The summed E-state index contributed by atoms with van der Waals surface area (Å²) >= 11 is 1.32. The van der Waals surface area contributed by atoms with Gasteiger partial charge in [0, 0.05) is 6.54 Å². The molecule has 1 amide bonds. The summed E-state index contributed by atoms with van der Waals surface area (Å²) in [5, 5.41) is 13.9. The predicted octanol–water partition coefficient (Wildman–Crippen LogP) is 2.38. The normalized spacial score (nSPS) is 22.2. The van der Waals surface area contributed by atoms with Crippen LogP contribution in [0.15, 0.2) is 11.4 Å². The van der Waals surface area contributed by atoms with Crippen LogP contribution < -0.4 is 10.1 Å². The van der Waals surface area contributed by atoms with Crippen molar-refractivity contribution in [2.24, 2.45) is 11.8 Å². The van der Waals surface area contributed by atoms with Crippen molar-refractivity contribution < 1.29 is 19.4 Å². The van der Waals surface area contributed by atoms with Crippen LogP contribution in [0.3, 0.4) is 0 Å². The van der Waals surface area contributed by atoms with E-state index >= 15 is 0 Å². The zero-order valence-electron chi connectivity index (χ0n) is 11.4. The Bertz CT molecular complexity index is 485. The van der Waals surface area contributed by atoms with Gasteiger partial charge in [0.1, 0.15) is 10.6 Å². The lowest BCUT2D eigenvalue weighted by Crippen LogP contribution is -2.37. The first-order chi connectivity index (χ1) is 9.63. The Balaban J connectivity index is 1.93. The Morgan fingerprint density at radius 3 is 2.90 bits per heavy atom. The molecule has 0 bridgehead atoms. The average molecular weight is 297 g/mol. The lowest BCUT2D eigenvalue weighted by atomic mass is 9.79. The molecule has 20 heavy (non-hydrogen) atoms. The van der Waals surface area contributed by atoms with Crippen molar-refractivity contribution in [3.8, 4) is 5.75 Å². The van der Waals surface area contributed by atoms with Crippen LogP contribution >= 0.6 is 11.3 Å². The molecule has 0 aromatic carbocycles. The largest absolute Gasteiger partial charge is 0.495 e. The van der Waals surface area contributed by atoms with Gasteiger partial charge in [-0.25, -0.2) is 0 Å². The summed E-state index contributed by atoms with van der Waals surface area (Å²) < 4.78 is 5.11. The fraction of sp³-hybridized carbons (Fsp3) is 0.571. The number of carboxylic acids is 1. The number of carbonyl (C=O) groups is 2. The van der Waals surface area contributed by atoms with Crippen molar-refractivity contribution >= 4 is 23.2 Å². The summed E-state index contributed by atoms with van der Waals surface area (Å²) in [5.41, 5.74) is 0. The number of hydrogen-bond acceptors (Lipinski definition) is 4. The third-order valence-corrected chi connectivity index (χ3v) is 4.70.